The first-order valence-corrected chi connectivity index (χ1v) is 8.06. The second kappa shape index (κ2) is 7.47. The molecule has 2 aromatic carbocycles. The quantitative estimate of drug-likeness (QED) is 0.935. The van der Waals surface area contributed by atoms with Gasteiger partial charge in [-0.15, -0.1) is 0 Å². The van der Waals surface area contributed by atoms with Crippen LogP contribution in [0.4, 0.5) is 0 Å². The molecule has 2 N–H and O–H groups in total. The molecule has 1 fully saturated rings. The summed E-state index contributed by atoms with van der Waals surface area (Å²) < 4.78 is 10.8. The zero-order valence-electron chi connectivity index (χ0n) is 13.8. The fourth-order valence-electron chi connectivity index (χ4n) is 2.84. The van der Waals surface area contributed by atoms with Crippen LogP contribution < -0.4 is 10.5 Å². The summed E-state index contributed by atoms with van der Waals surface area (Å²) in [7, 11) is 1.65. The molecule has 0 unspecified atom stereocenters. The van der Waals surface area contributed by atoms with Gasteiger partial charge in [0.2, 0.25) is 0 Å². The van der Waals surface area contributed by atoms with E-state index < -0.39 is 0 Å². The van der Waals surface area contributed by atoms with E-state index in [4.69, 9.17) is 15.2 Å². The summed E-state index contributed by atoms with van der Waals surface area (Å²) in [6, 6.07) is 15.5. The van der Waals surface area contributed by atoms with E-state index >= 15 is 0 Å². The maximum Gasteiger partial charge on any atom is 0.254 e. The molecule has 5 heteroatoms. The highest BCUT2D eigenvalue weighted by atomic mass is 16.5. The van der Waals surface area contributed by atoms with Crippen molar-refractivity contribution in [1.82, 2.24) is 4.90 Å². The van der Waals surface area contributed by atoms with Crippen LogP contribution in [0.1, 0.15) is 10.4 Å². The van der Waals surface area contributed by atoms with Crippen molar-refractivity contribution in [2.45, 2.75) is 6.10 Å². The minimum Gasteiger partial charge on any atom is -0.497 e. The zero-order valence-corrected chi connectivity index (χ0v) is 13.8. The Bertz CT molecular complexity index is 700. The van der Waals surface area contributed by atoms with Gasteiger partial charge in [-0.05, 0) is 35.4 Å². The third kappa shape index (κ3) is 3.58. The number of nitrogens with two attached hydrogens (primary N) is 1. The molecule has 0 saturated carbocycles. The second-order valence-corrected chi connectivity index (χ2v) is 5.79. The van der Waals surface area contributed by atoms with E-state index in [1.807, 2.05) is 53.4 Å². The number of hydrogen-bond acceptors (Lipinski definition) is 4. The third-order valence-electron chi connectivity index (χ3n) is 4.22. The minimum absolute atomic E-state index is 0.0222. The van der Waals surface area contributed by atoms with Crippen molar-refractivity contribution in [1.29, 1.82) is 0 Å². The van der Waals surface area contributed by atoms with Crippen LogP contribution in [0, 0.1) is 0 Å². The summed E-state index contributed by atoms with van der Waals surface area (Å²) in [4.78, 5) is 14.4. The van der Waals surface area contributed by atoms with Crippen LogP contribution in [-0.4, -0.2) is 50.3 Å². The van der Waals surface area contributed by atoms with Gasteiger partial charge >= 0.3 is 0 Å². The summed E-state index contributed by atoms with van der Waals surface area (Å²) in [5.74, 6) is 0.836. The number of rotatable bonds is 4. The molecule has 1 aliphatic heterocycles. The highest BCUT2D eigenvalue weighted by Crippen LogP contribution is 2.24. The van der Waals surface area contributed by atoms with Crippen LogP contribution in [0.5, 0.6) is 5.75 Å². The molecule has 1 amide bonds. The predicted molar refractivity (Wildman–Crippen MR) is 93.1 cm³/mol. The summed E-state index contributed by atoms with van der Waals surface area (Å²) in [5, 5.41) is 0. The minimum atomic E-state index is -0.0706. The molecule has 126 valence electrons. The van der Waals surface area contributed by atoms with E-state index in [1.165, 1.54) is 0 Å². The van der Waals surface area contributed by atoms with Gasteiger partial charge in [0, 0.05) is 25.2 Å². The highest BCUT2D eigenvalue weighted by Gasteiger charge is 2.24. The standard InChI is InChI=1S/C19H22N2O3/c1-23-17-4-2-3-16(11-17)14-5-7-15(8-6-14)19(22)21-9-10-24-18(12-20)13-21/h2-8,11,18H,9-10,12-13,20H2,1H3/t18-/m0/s1. The SMILES string of the molecule is COc1cccc(-c2ccc(C(=O)N3CCO[C@@H](CN)C3)cc2)c1. The number of nitrogens with zero attached hydrogens (tertiary/aromatic N) is 1. The van der Waals surface area contributed by atoms with Crippen molar-refractivity contribution in [3.63, 3.8) is 0 Å². The van der Waals surface area contributed by atoms with E-state index in [9.17, 15) is 4.79 Å². The van der Waals surface area contributed by atoms with E-state index in [0.717, 1.165) is 16.9 Å². The molecule has 24 heavy (non-hydrogen) atoms. The van der Waals surface area contributed by atoms with E-state index in [0.29, 0.717) is 31.8 Å². The van der Waals surface area contributed by atoms with Gasteiger partial charge in [0.25, 0.3) is 5.91 Å². The number of benzene rings is 2. The summed E-state index contributed by atoms with van der Waals surface area (Å²) >= 11 is 0. The van der Waals surface area contributed by atoms with Crippen LogP contribution in [0.25, 0.3) is 11.1 Å². The Kier molecular flexibility index (Phi) is 5.13. The topological polar surface area (TPSA) is 64.8 Å². The van der Waals surface area contributed by atoms with E-state index in [1.54, 1.807) is 7.11 Å². The predicted octanol–water partition coefficient (Wildman–Crippen LogP) is 2.16. The lowest BCUT2D eigenvalue weighted by molar-refractivity contribution is -0.0167. The van der Waals surface area contributed by atoms with Gasteiger partial charge in [0.15, 0.2) is 0 Å². The average Bonchev–Trinajstić information content (AvgIpc) is 2.67. The average molecular weight is 326 g/mol. The van der Waals surface area contributed by atoms with Gasteiger partial charge in [-0.1, -0.05) is 24.3 Å². The Labute approximate surface area is 142 Å². The fraction of sp³-hybridized carbons (Fsp3) is 0.316. The van der Waals surface area contributed by atoms with Gasteiger partial charge in [0.05, 0.1) is 19.8 Å². The van der Waals surface area contributed by atoms with Crippen LogP contribution in [0.2, 0.25) is 0 Å². The summed E-state index contributed by atoms with van der Waals surface area (Å²) in [5.41, 5.74) is 8.43. The highest BCUT2D eigenvalue weighted by molar-refractivity contribution is 5.94. The zero-order chi connectivity index (χ0) is 16.9. The molecule has 0 aliphatic carbocycles. The lowest BCUT2D eigenvalue weighted by Crippen LogP contribution is -2.48. The molecular weight excluding hydrogens is 304 g/mol. The Balaban J connectivity index is 1.75. The Morgan fingerprint density at radius 3 is 2.75 bits per heavy atom. The second-order valence-electron chi connectivity index (χ2n) is 5.79. The molecule has 1 saturated heterocycles. The van der Waals surface area contributed by atoms with Crippen LogP contribution in [-0.2, 0) is 4.74 Å². The van der Waals surface area contributed by atoms with E-state index in [2.05, 4.69) is 0 Å². The Morgan fingerprint density at radius 2 is 2.04 bits per heavy atom. The number of methoxy groups -OCH3 is 1. The Morgan fingerprint density at radius 1 is 1.25 bits per heavy atom. The number of carbonyl (C=O) groups is 1. The van der Waals surface area contributed by atoms with Crippen molar-refractivity contribution in [3.8, 4) is 16.9 Å². The first kappa shape index (κ1) is 16.5. The van der Waals surface area contributed by atoms with Crippen LogP contribution >= 0.6 is 0 Å². The third-order valence-corrected chi connectivity index (χ3v) is 4.22. The lowest BCUT2D eigenvalue weighted by Gasteiger charge is -2.32. The molecule has 3 rings (SSSR count). The largest absolute Gasteiger partial charge is 0.497 e. The molecule has 0 spiro atoms. The van der Waals surface area contributed by atoms with Crippen molar-refractivity contribution in [3.05, 3.63) is 54.1 Å². The number of morpholine rings is 1. The van der Waals surface area contributed by atoms with Gasteiger partial charge in [-0.3, -0.25) is 4.79 Å². The molecule has 1 atom stereocenters. The Hall–Kier alpha value is -2.37. The normalized spacial score (nSPS) is 17.6. The molecule has 2 aromatic rings. The van der Waals surface area contributed by atoms with E-state index in [-0.39, 0.29) is 12.0 Å². The van der Waals surface area contributed by atoms with Crippen LogP contribution in [0.3, 0.4) is 0 Å². The van der Waals surface area contributed by atoms with Crippen molar-refractivity contribution in [2.75, 3.05) is 33.4 Å². The van der Waals surface area contributed by atoms with Gasteiger partial charge in [-0.25, -0.2) is 0 Å². The molecule has 0 bridgehead atoms. The number of carbonyl (C=O) groups excluding carboxylic acids is 1. The lowest BCUT2D eigenvalue weighted by atomic mass is 10.0. The molecule has 0 aromatic heterocycles. The van der Waals surface area contributed by atoms with Crippen molar-refractivity contribution >= 4 is 5.91 Å². The maximum atomic E-state index is 12.6. The van der Waals surface area contributed by atoms with Gasteiger partial charge < -0.3 is 20.1 Å². The number of amides is 1. The molecule has 1 heterocycles. The maximum absolute atomic E-state index is 12.6. The monoisotopic (exact) mass is 326 g/mol. The molecular formula is C19H22N2O3. The molecule has 1 aliphatic rings. The van der Waals surface area contributed by atoms with Crippen LogP contribution in [0.15, 0.2) is 48.5 Å². The molecule has 5 nitrogen and oxygen atoms in total. The van der Waals surface area contributed by atoms with Crippen molar-refractivity contribution < 1.29 is 14.3 Å². The van der Waals surface area contributed by atoms with Crippen molar-refractivity contribution in [2.24, 2.45) is 5.73 Å². The van der Waals surface area contributed by atoms with Gasteiger partial charge in [-0.2, -0.15) is 0 Å². The van der Waals surface area contributed by atoms with Gasteiger partial charge in [0.1, 0.15) is 5.75 Å². The number of ether oxygens (including phenoxy) is 2. The summed E-state index contributed by atoms with van der Waals surface area (Å²) in [6.45, 7) is 2.12. The first-order valence-electron chi connectivity index (χ1n) is 8.06. The summed E-state index contributed by atoms with van der Waals surface area (Å²) in [6.07, 6.45) is -0.0706. The molecule has 0 radical (unpaired) electrons. The number of hydrogen-bond donors (Lipinski definition) is 1. The fourth-order valence-corrected chi connectivity index (χ4v) is 2.84. The smallest absolute Gasteiger partial charge is 0.254 e. The first-order chi connectivity index (χ1) is 11.7.